The third-order valence-corrected chi connectivity index (χ3v) is 2.72. The number of carboxylic acid groups (broad SMARTS) is 1. The van der Waals surface area contributed by atoms with Crippen LogP contribution in [0.5, 0.6) is 0 Å². The molecule has 0 aliphatic carbocycles. The van der Waals surface area contributed by atoms with Crippen molar-refractivity contribution in [3.63, 3.8) is 0 Å². The number of rotatable bonds is 6. The van der Waals surface area contributed by atoms with Crippen molar-refractivity contribution in [2.75, 3.05) is 13.2 Å². The van der Waals surface area contributed by atoms with Crippen LogP contribution in [0.3, 0.4) is 0 Å². The highest BCUT2D eigenvalue weighted by Gasteiger charge is 2.22. The zero-order chi connectivity index (χ0) is 12.0. The summed E-state index contributed by atoms with van der Waals surface area (Å²) >= 11 is 3.28. The second kappa shape index (κ2) is 6.62. The Balaban J connectivity index is 2.78. The fourth-order valence-electron chi connectivity index (χ4n) is 1.25. The van der Waals surface area contributed by atoms with E-state index in [1.165, 1.54) is 0 Å². The van der Waals surface area contributed by atoms with Gasteiger partial charge in [-0.3, -0.25) is 0 Å². The van der Waals surface area contributed by atoms with E-state index in [0.29, 0.717) is 16.5 Å². The van der Waals surface area contributed by atoms with Crippen molar-refractivity contribution < 1.29 is 19.7 Å². The van der Waals surface area contributed by atoms with E-state index in [4.69, 9.17) is 14.9 Å². The van der Waals surface area contributed by atoms with Crippen LogP contribution in [0.25, 0.3) is 0 Å². The predicted molar refractivity (Wildman–Crippen MR) is 62.2 cm³/mol. The van der Waals surface area contributed by atoms with Crippen LogP contribution < -0.4 is 0 Å². The van der Waals surface area contributed by atoms with Crippen LogP contribution in [-0.4, -0.2) is 29.4 Å². The summed E-state index contributed by atoms with van der Waals surface area (Å²) < 4.78 is 5.92. The molecule has 0 spiro atoms. The molecule has 2 N–H and O–H groups in total. The number of benzene rings is 1. The van der Waals surface area contributed by atoms with Gasteiger partial charge in [0.2, 0.25) is 0 Å². The average Bonchev–Trinajstić information content (AvgIpc) is 2.25. The summed E-state index contributed by atoms with van der Waals surface area (Å²) in [4.78, 5) is 11.0. The van der Waals surface area contributed by atoms with Gasteiger partial charge in [0, 0.05) is 16.6 Å². The molecule has 0 saturated carbocycles. The first-order valence-corrected chi connectivity index (χ1v) is 5.66. The molecule has 1 atom stereocenters. The molecule has 0 radical (unpaired) electrons. The Bertz CT molecular complexity index is 354. The second-order valence-corrected chi connectivity index (χ2v) is 4.04. The topological polar surface area (TPSA) is 66.8 Å². The van der Waals surface area contributed by atoms with E-state index in [9.17, 15) is 4.79 Å². The van der Waals surface area contributed by atoms with Gasteiger partial charge in [-0.1, -0.05) is 34.1 Å². The van der Waals surface area contributed by atoms with Crippen molar-refractivity contribution in [1.82, 2.24) is 0 Å². The summed E-state index contributed by atoms with van der Waals surface area (Å²) in [5.74, 6) is -1.04. The number of carbonyl (C=O) groups is 1. The summed E-state index contributed by atoms with van der Waals surface area (Å²) in [6, 6.07) is 7.02. The Morgan fingerprint density at radius 2 is 2.12 bits per heavy atom. The molecular formula is C11H13BrO4. The molecule has 0 amide bonds. The molecule has 4 nitrogen and oxygen atoms in total. The van der Waals surface area contributed by atoms with Crippen LogP contribution in [0.2, 0.25) is 0 Å². The molecule has 0 heterocycles. The maximum absolute atomic E-state index is 11.0. The van der Waals surface area contributed by atoms with Gasteiger partial charge in [-0.2, -0.15) is 0 Å². The van der Waals surface area contributed by atoms with Gasteiger partial charge in [0.05, 0.1) is 6.61 Å². The third-order valence-electron chi connectivity index (χ3n) is 2.00. The number of aliphatic carboxylic acids is 1. The van der Waals surface area contributed by atoms with Gasteiger partial charge in [-0.05, 0) is 12.5 Å². The fraction of sp³-hybridized carbons (Fsp3) is 0.364. The quantitative estimate of drug-likeness (QED) is 0.786. The van der Waals surface area contributed by atoms with Crippen molar-refractivity contribution in [3.05, 3.63) is 34.3 Å². The summed E-state index contributed by atoms with van der Waals surface area (Å²) in [5.41, 5.74) is 0.577. The zero-order valence-corrected chi connectivity index (χ0v) is 10.2. The number of hydrogen-bond donors (Lipinski definition) is 2. The molecule has 16 heavy (non-hydrogen) atoms. The fourth-order valence-corrected chi connectivity index (χ4v) is 1.74. The van der Waals surface area contributed by atoms with Crippen LogP contribution in [0, 0.1) is 0 Å². The highest BCUT2D eigenvalue weighted by Crippen LogP contribution is 2.26. The highest BCUT2D eigenvalue weighted by molar-refractivity contribution is 9.10. The first kappa shape index (κ1) is 13.2. The number of hydrogen-bond acceptors (Lipinski definition) is 3. The molecule has 1 aromatic carbocycles. The maximum Gasteiger partial charge on any atom is 0.337 e. The first-order chi connectivity index (χ1) is 7.66. The van der Waals surface area contributed by atoms with Gasteiger partial charge in [0.15, 0.2) is 6.10 Å². The van der Waals surface area contributed by atoms with Gasteiger partial charge in [-0.25, -0.2) is 4.79 Å². The van der Waals surface area contributed by atoms with Gasteiger partial charge in [0.25, 0.3) is 0 Å². The van der Waals surface area contributed by atoms with Gasteiger partial charge < -0.3 is 14.9 Å². The second-order valence-electron chi connectivity index (χ2n) is 3.19. The molecular weight excluding hydrogens is 276 g/mol. The molecule has 0 bridgehead atoms. The molecule has 0 aromatic heterocycles. The summed E-state index contributed by atoms with van der Waals surface area (Å²) in [5, 5.41) is 17.6. The van der Waals surface area contributed by atoms with E-state index in [1.54, 1.807) is 24.3 Å². The van der Waals surface area contributed by atoms with Crippen LogP contribution in [0.4, 0.5) is 0 Å². The van der Waals surface area contributed by atoms with E-state index in [-0.39, 0.29) is 13.2 Å². The number of halogens is 1. The maximum atomic E-state index is 11.0. The minimum Gasteiger partial charge on any atom is -0.479 e. The van der Waals surface area contributed by atoms with Crippen LogP contribution in [-0.2, 0) is 9.53 Å². The van der Waals surface area contributed by atoms with E-state index in [0.717, 1.165) is 0 Å². The van der Waals surface area contributed by atoms with Gasteiger partial charge in [-0.15, -0.1) is 0 Å². The Kier molecular flexibility index (Phi) is 5.45. The van der Waals surface area contributed by atoms with E-state index < -0.39 is 12.1 Å². The van der Waals surface area contributed by atoms with Crippen molar-refractivity contribution in [2.45, 2.75) is 12.5 Å². The van der Waals surface area contributed by atoms with Crippen molar-refractivity contribution >= 4 is 21.9 Å². The molecule has 1 unspecified atom stereocenters. The van der Waals surface area contributed by atoms with Crippen molar-refractivity contribution in [1.29, 1.82) is 0 Å². The smallest absolute Gasteiger partial charge is 0.337 e. The van der Waals surface area contributed by atoms with Crippen LogP contribution >= 0.6 is 15.9 Å². The molecule has 0 aliphatic rings. The minimum atomic E-state index is -1.04. The standard InChI is InChI=1S/C11H13BrO4/c12-9-5-2-1-4-8(9)10(11(14)15)16-7-3-6-13/h1-2,4-5,10,13H,3,6-7H2,(H,14,15). The van der Waals surface area contributed by atoms with Crippen molar-refractivity contribution in [2.24, 2.45) is 0 Å². The lowest BCUT2D eigenvalue weighted by Gasteiger charge is -2.15. The molecule has 0 fully saturated rings. The van der Waals surface area contributed by atoms with Crippen LogP contribution in [0.1, 0.15) is 18.1 Å². The largest absolute Gasteiger partial charge is 0.479 e. The number of aliphatic hydroxyl groups excluding tert-OH is 1. The number of aliphatic hydroxyl groups is 1. The van der Waals surface area contributed by atoms with E-state index >= 15 is 0 Å². The molecule has 5 heteroatoms. The monoisotopic (exact) mass is 288 g/mol. The van der Waals surface area contributed by atoms with Crippen molar-refractivity contribution in [3.8, 4) is 0 Å². The average molecular weight is 289 g/mol. The minimum absolute atomic E-state index is 0.0116. The van der Waals surface area contributed by atoms with Crippen LogP contribution in [0.15, 0.2) is 28.7 Å². The molecule has 88 valence electrons. The van der Waals surface area contributed by atoms with E-state index in [2.05, 4.69) is 15.9 Å². The number of carboxylic acids is 1. The lowest BCUT2D eigenvalue weighted by atomic mass is 10.1. The lowest BCUT2D eigenvalue weighted by molar-refractivity contribution is -0.151. The molecule has 1 aromatic rings. The third kappa shape index (κ3) is 3.59. The zero-order valence-electron chi connectivity index (χ0n) is 8.60. The normalized spacial score (nSPS) is 12.4. The Morgan fingerprint density at radius 1 is 1.44 bits per heavy atom. The number of ether oxygens (including phenoxy) is 1. The Morgan fingerprint density at radius 3 is 2.69 bits per heavy atom. The highest BCUT2D eigenvalue weighted by atomic mass is 79.9. The summed E-state index contributed by atoms with van der Waals surface area (Å²) in [6.45, 7) is 0.205. The molecule has 0 saturated heterocycles. The Labute approximate surface area is 102 Å². The van der Waals surface area contributed by atoms with Gasteiger partial charge in [0.1, 0.15) is 0 Å². The summed E-state index contributed by atoms with van der Waals surface area (Å²) in [6.07, 6.45) is -0.573. The van der Waals surface area contributed by atoms with E-state index in [1.807, 2.05) is 0 Å². The predicted octanol–water partition coefficient (Wildman–Crippen LogP) is 1.97. The molecule has 0 aliphatic heterocycles. The summed E-state index contributed by atoms with van der Waals surface area (Å²) in [7, 11) is 0. The van der Waals surface area contributed by atoms with Gasteiger partial charge >= 0.3 is 5.97 Å². The molecule has 1 rings (SSSR count). The Hall–Kier alpha value is -0.910. The first-order valence-electron chi connectivity index (χ1n) is 4.86. The SMILES string of the molecule is O=C(O)C(OCCCO)c1ccccc1Br. The lowest BCUT2D eigenvalue weighted by Crippen LogP contribution is -2.17.